The largest absolute Gasteiger partial charge is 0.486 e. The Morgan fingerprint density at radius 2 is 2.09 bits per heavy atom. The fraction of sp³-hybridized carbons (Fsp3) is 0.444. The van der Waals surface area contributed by atoms with Crippen molar-refractivity contribution in [1.82, 2.24) is 0 Å². The minimum atomic E-state index is -0.407. The molecule has 0 radical (unpaired) electrons. The van der Waals surface area contributed by atoms with Crippen molar-refractivity contribution in [3.8, 4) is 5.75 Å². The second-order valence-electron chi connectivity index (χ2n) is 6.51. The fourth-order valence-corrected chi connectivity index (χ4v) is 2.91. The minimum Gasteiger partial charge on any atom is -0.486 e. The van der Waals surface area contributed by atoms with Crippen LogP contribution < -0.4 is 10.4 Å². The maximum atomic E-state index is 12.3. The molecule has 1 aliphatic heterocycles. The summed E-state index contributed by atoms with van der Waals surface area (Å²) in [4.78, 5) is 23.6. The second kappa shape index (κ2) is 6.16. The first-order valence-electron chi connectivity index (χ1n) is 7.76. The molecule has 1 atom stereocenters. The maximum Gasteiger partial charge on any atom is 0.336 e. The highest BCUT2D eigenvalue weighted by Crippen LogP contribution is 2.29. The molecule has 0 N–H and O–H groups in total. The van der Waals surface area contributed by atoms with Crippen LogP contribution in [0.2, 0.25) is 0 Å². The third-order valence-corrected chi connectivity index (χ3v) is 4.13. The molecule has 5 heteroatoms. The second-order valence-corrected chi connectivity index (χ2v) is 6.51. The van der Waals surface area contributed by atoms with Gasteiger partial charge < -0.3 is 13.9 Å². The van der Waals surface area contributed by atoms with E-state index in [1.165, 1.54) is 6.07 Å². The number of benzene rings is 1. The van der Waals surface area contributed by atoms with Crippen molar-refractivity contribution in [2.45, 2.75) is 32.3 Å². The van der Waals surface area contributed by atoms with E-state index in [0.29, 0.717) is 24.4 Å². The van der Waals surface area contributed by atoms with E-state index in [1.54, 1.807) is 24.3 Å². The summed E-state index contributed by atoms with van der Waals surface area (Å²) in [6.45, 7) is 4.62. The predicted molar refractivity (Wildman–Crippen MR) is 85.7 cm³/mol. The number of ketones is 1. The first-order chi connectivity index (χ1) is 10.9. The van der Waals surface area contributed by atoms with Gasteiger partial charge in [-0.15, -0.1) is 0 Å². The Kier molecular flexibility index (Phi) is 4.22. The lowest BCUT2D eigenvalue weighted by atomic mass is 9.86. The maximum absolute atomic E-state index is 12.3. The van der Waals surface area contributed by atoms with E-state index < -0.39 is 5.63 Å². The van der Waals surface area contributed by atoms with E-state index in [-0.39, 0.29) is 23.9 Å². The monoisotopic (exact) mass is 316 g/mol. The van der Waals surface area contributed by atoms with E-state index in [4.69, 9.17) is 13.9 Å². The molecule has 1 fully saturated rings. The van der Waals surface area contributed by atoms with Gasteiger partial charge in [0.15, 0.2) is 5.78 Å². The van der Waals surface area contributed by atoms with E-state index in [9.17, 15) is 9.59 Å². The Hall–Kier alpha value is -2.14. The van der Waals surface area contributed by atoms with Crippen LogP contribution in [0.15, 0.2) is 39.5 Å². The molecule has 2 heterocycles. The quantitative estimate of drug-likeness (QED) is 0.811. The van der Waals surface area contributed by atoms with Crippen molar-refractivity contribution >= 4 is 16.8 Å². The van der Waals surface area contributed by atoms with Crippen LogP contribution in [0.25, 0.3) is 11.0 Å². The summed E-state index contributed by atoms with van der Waals surface area (Å²) >= 11 is 0. The SMILES string of the molecule is CC1(C)C[C@H](C(=O)COc2ccc3ccc(=O)oc3c2)CCO1. The van der Waals surface area contributed by atoms with Gasteiger partial charge in [-0.05, 0) is 44.9 Å². The Morgan fingerprint density at radius 3 is 2.87 bits per heavy atom. The van der Waals surface area contributed by atoms with Gasteiger partial charge in [0.1, 0.15) is 17.9 Å². The topological polar surface area (TPSA) is 65.7 Å². The Balaban J connectivity index is 1.66. The third kappa shape index (κ3) is 3.79. The van der Waals surface area contributed by atoms with Gasteiger partial charge in [0, 0.05) is 30.0 Å². The molecule has 0 amide bonds. The van der Waals surface area contributed by atoms with Gasteiger partial charge in [0.25, 0.3) is 0 Å². The zero-order valence-corrected chi connectivity index (χ0v) is 13.3. The molecule has 1 aliphatic rings. The molecule has 2 aromatic rings. The average molecular weight is 316 g/mol. The summed E-state index contributed by atoms with van der Waals surface area (Å²) in [6.07, 6.45) is 1.44. The summed E-state index contributed by atoms with van der Waals surface area (Å²) in [6, 6.07) is 8.27. The van der Waals surface area contributed by atoms with Gasteiger partial charge >= 0.3 is 5.63 Å². The van der Waals surface area contributed by atoms with Crippen LogP contribution in [0.3, 0.4) is 0 Å². The molecular weight excluding hydrogens is 296 g/mol. The lowest BCUT2D eigenvalue weighted by molar-refractivity contribution is -0.135. The zero-order valence-electron chi connectivity index (χ0n) is 13.3. The van der Waals surface area contributed by atoms with Gasteiger partial charge in [-0.2, -0.15) is 0 Å². The zero-order chi connectivity index (χ0) is 16.4. The number of rotatable bonds is 4. The van der Waals surface area contributed by atoms with Gasteiger partial charge in [-0.25, -0.2) is 4.79 Å². The van der Waals surface area contributed by atoms with Crippen LogP contribution in [0.4, 0.5) is 0 Å². The third-order valence-electron chi connectivity index (χ3n) is 4.13. The Labute approximate surface area is 134 Å². The van der Waals surface area contributed by atoms with Crippen molar-refractivity contribution < 1.29 is 18.7 Å². The van der Waals surface area contributed by atoms with Gasteiger partial charge in [0.05, 0.1) is 5.60 Å². The molecule has 0 bridgehead atoms. The molecule has 122 valence electrons. The molecule has 1 saturated heterocycles. The fourth-order valence-electron chi connectivity index (χ4n) is 2.91. The summed E-state index contributed by atoms with van der Waals surface area (Å²) in [5.74, 6) is 0.569. The number of fused-ring (bicyclic) bond motifs is 1. The van der Waals surface area contributed by atoms with Crippen LogP contribution in [-0.2, 0) is 9.53 Å². The van der Waals surface area contributed by atoms with Crippen molar-refractivity contribution in [2.24, 2.45) is 5.92 Å². The number of Topliss-reactive ketones (excluding diaryl/α,β-unsaturated/α-hetero) is 1. The van der Waals surface area contributed by atoms with Crippen molar-refractivity contribution in [3.05, 3.63) is 40.8 Å². The van der Waals surface area contributed by atoms with Gasteiger partial charge in [-0.1, -0.05) is 0 Å². The molecule has 23 heavy (non-hydrogen) atoms. The number of carbonyl (C=O) groups excluding carboxylic acids is 1. The first kappa shape index (κ1) is 15.7. The van der Waals surface area contributed by atoms with Crippen molar-refractivity contribution in [3.63, 3.8) is 0 Å². The Bertz CT molecular complexity index is 774. The van der Waals surface area contributed by atoms with Crippen LogP contribution >= 0.6 is 0 Å². The van der Waals surface area contributed by atoms with Crippen LogP contribution in [0, 0.1) is 5.92 Å². The summed E-state index contributed by atoms with van der Waals surface area (Å²) in [5.41, 5.74) is -0.213. The lowest BCUT2D eigenvalue weighted by Crippen LogP contribution is -2.38. The first-order valence-corrected chi connectivity index (χ1v) is 7.76. The molecule has 0 spiro atoms. The molecule has 3 rings (SSSR count). The predicted octanol–water partition coefficient (Wildman–Crippen LogP) is 2.95. The van der Waals surface area contributed by atoms with Crippen LogP contribution in [-0.4, -0.2) is 24.6 Å². The highest BCUT2D eigenvalue weighted by atomic mass is 16.5. The number of carbonyl (C=O) groups is 1. The van der Waals surface area contributed by atoms with Crippen LogP contribution in [0.5, 0.6) is 5.75 Å². The standard InChI is InChI=1S/C18H20O5/c1-18(2)10-13(7-8-22-18)15(19)11-21-14-5-3-12-4-6-17(20)23-16(12)9-14/h3-6,9,13H,7-8,10-11H2,1-2H3/t13-/m1/s1. The highest BCUT2D eigenvalue weighted by molar-refractivity contribution is 5.83. The van der Waals surface area contributed by atoms with Crippen LogP contribution in [0.1, 0.15) is 26.7 Å². The van der Waals surface area contributed by atoms with E-state index in [1.807, 2.05) is 13.8 Å². The van der Waals surface area contributed by atoms with Crippen molar-refractivity contribution in [1.29, 1.82) is 0 Å². The van der Waals surface area contributed by atoms with E-state index in [0.717, 1.165) is 11.8 Å². The Morgan fingerprint density at radius 1 is 1.30 bits per heavy atom. The highest BCUT2D eigenvalue weighted by Gasteiger charge is 2.32. The molecule has 5 nitrogen and oxygen atoms in total. The van der Waals surface area contributed by atoms with Crippen molar-refractivity contribution in [2.75, 3.05) is 13.2 Å². The molecular formula is C18H20O5. The average Bonchev–Trinajstić information content (AvgIpc) is 2.51. The van der Waals surface area contributed by atoms with E-state index >= 15 is 0 Å². The number of hydrogen-bond acceptors (Lipinski definition) is 5. The lowest BCUT2D eigenvalue weighted by Gasteiger charge is -2.34. The van der Waals surface area contributed by atoms with Gasteiger partial charge in [0.2, 0.25) is 0 Å². The number of hydrogen-bond donors (Lipinski definition) is 0. The molecule has 0 saturated carbocycles. The number of ether oxygens (including phenoxy) is 2. The smallest absolute Gasteiger partial charge is 0.336 e. The summed E-state index contributed by atoms with van der Waals surface area (Å²) < 4.78 is 16.3. The normalized spacial score (nSPS) is 20.3. The van der Waals surface area contributed by atoms with E-state index in [2.05, 4.69) is 0 Å². The molecule has 0 unspecified atom stereocenters. The molecule has 1 aromatic heterocycles. The summed E-state index contributed by atoms with van der Waals surface area (Å²) in [5, 5.41) is 0.814. The molecule has 0 aliphatic carbocycles. The minimum absolute atomic E-state index is 0.0172. The molecule has 1 aromatic carbocycles. The summed E-state index contributed by atoms with van der Waals surface area (Å²) in [7, 11) is 0. The van der Waals surface area contributed by atoms with Gasteiger partial charge in [-0.3, -0.25) is 4.79 Å².